The van der Waals surface area contributed by atoms with Crippen LogP contribution in [0.4, 0.5) is 0 Å². The average molecular weight is 276 g/mol. The lowest BCUT2D eigenvalue weighted by atomic mass is 10.0. The number of rotatable bonds is 7. The zero-order chi connectivity index (χ0) is 14.5. The highest BCUT2D eigenvalue weighted by molar-refractivity contribution is 5.81. The fourth-order valence-electron chi connectivity index (χ4n) is 2.42. The predicted octanol–water partition coefficient (Wildman–Crippen LogP) is 2.39. The Morgan fingerprint density at radius 3 is 2.55 bits per heavy atom. The molecule has 3 N–H and O–H groups in total. The highest BCUT2D eigenvalue weighted by atomic mass is 16.5. The molecule has 1 aliphatic rings. The average Bonchev–Trinajstić information content (AvgIpc) is 3.29. The van der Waals surface area contributed by atoms with Crippen LogP contribution in [0.1, 0.15) is 44.2 Å². The Balaban J connectivity index is 2.05. The van der Waals surface area contributed by atoms with Crippen molar-refractivity contribution >= 4 is 5.91 Å². The van der Waals surface area contributed by atoms with Gasteiger partial charge in [-0.05, 0) is 42.9 Å². The van der Waals surface area contributed by atoms with Crippen LogP contribution in [0.2, 0.25) is 0 Å². The summed E-state index contributed by atoms with van der Waals surface area (Å²) in [6.07, 6.45) is 3.98. The lowest BCUT2D eigenvalue weighted by Gasteiger charge is -2.21. The Kier molecular flexibility index (Phi) is 5.01. The highest BCUT2D eigenvalue weighted by Crippen LogP contribution is 2.41. The number of nitrogens with two attached hydrogens (primary N) is 1. The van der Waals surface area contributed by atoms with E-state index in [9.17, 15) is 4.79 Å². The van der Waals surface area contributed by atoms with Gasteiger partial charge in [-0.15, -0.1) is 0 Å². The monoisotopic (exact) mass is 276 g/mol. The molecule has 0 saturated heterocycles. The third-order valence-electron chi connectivity index (χ3n) is 3.80. The molecular weight excluding hydrogens is 252 g/mol. The van der Waals surface area contributed by atoms with Crippen molar-refractivity contribution in [2.45, 2.75) is 44.7 Å². The third-order valence-corrected chi connectivity index (χ3v) is 3.80. The number of carbonyl (C=O) groups excluding carboxylic acids is 1. The summed E-state index contributed by atoms with van der Waals surface area (Å²) in [6, 6.07) is 7.59. The van der Waals surface area contributed by atoms with E-state index < -0.39 is 6.04 Å². The number of benzene rings is 1. The second-order valence-corrected chi connectivity index (χ2v) is 5.49. The van der Waals surface area contributed by atoms with Crippen LogP contribution in [0.3, 0.4) is 0 Å². The van der Waals surface area contributed by atoms with Crippen LogP contribution >= 0.6 is 0 Å². The van der Waals surface area contributed by atoms with E-state index in [4.69, 9.17) is 10.5 Å². The van der Waals surface area contributed by atoms with Crippen LogP contribution in [0.15, 0.2) is 24.3 Å². The predicted molar refractivity (Wildman–Crippen MR) is 79.5 cm³/mol. The molecule has 20 heavy (non-hydrogen) atoms. The lowest BCUT2D eigenvalue weighted by molar-refractivity contribution is -0.123. The fraction of sp³-hybridized carbons (Fsp3) is 0.562. The first kappa shape index (κ1) is 14.9. The van der Waals surface area contributed by atoms with Gasteiger partial charge in [0.2, 0.25) is 5.91 Å². The van der Waals surface area contributed by atoms with Crippen molar-refractivity contribution in [2.24, 2.45) is 11.7 Å². The van der Waals surface area contributed by atoms with Crippen LogP contribution in [-0.4, -0.2) is 19.1 Å². The van der Waals surface area contributed by atoms with E-state index in [1.54, 1.807) is 7.11 Å². The molecule has 2 rings (SSSR count). The minimum absolute atomic E-state index is 0.0421. The molecule has 0 bridgehead atoms. The first-order valence-electron chi connectivity index (χ1n) is 7.35. The van der Waals surface area contributed by atoms with Crippen LogP contribution < -0.4 is 15.8 Å². The second kappa shape index (κ2) is 6.75. The van der Waals surface area contributed by atoms with Gasteiger partial charge in [0.15, 0.2) is 0 Å². The SMILES string of the molecule is CCC[C@H](N)C(=O)NC(c1ccc(OC)cc1)C1CC1. The molecule has 2 atom stereocenters. The van der Waals surface area contributed by atoms with Gasteiger partial charge in [0.1, 0.15) is 5.75 Å². The molecule has 1 amide bonds. The standard InChI is InChI=1S/C16H24N2O2/c1-3-4-14(17)16(19)18-15(11-5-6-11)12-7-9-13(20-2)10-8-12/h7-11,14-15H,3-6,17H2,1-2H3,(H,18,19)/t14-,15?/m0/s1. The summed E-state index contributed by atoms with van der Waals surface area (Å²) < 4.78 is 5.17. The Bertz CT molecular complexity index is 440. The van der Waals surface area contributed by atoms with E-state index in [-0.39, 0.29) is 11.9 Å². The minimum atomic E-state index is -0.403. The number of ether oxygens (including phenoxy) is 1. The first-order chi connectivity index (χ1) is 9.65. The maximum atomic E-state index is 12.1. The van der Waals surface area contributed by atoms with Crippen molar-refractivity contribution in [1.82, 2.24) is 5.32 Å². The van der Waals surface area contributed by atoms with Gasteiger partial charge in [-0.3, -0.25) is 4.79 Å². The smallest absolute Gasteiger partial charge is 0.237 e. The molecule has 110 valence electrons. The molecule has 4 nitrogen and oxygen atoms in total. The van der Waals surface area contributed by atoms with E-state index in [0.29, 0.717) is 5.92 Å². The number of methoxy groups -OCH3 is 1. The van der Waals surface area contributed by atoms with E-state index in [1.165, 1.54) is 12.8 Å². The summed E-state index contributed by atoms with van der Waals surface area (Å²) in [6.45, 7) is 2.04. The van der Waals surface area contributed by atoms with E-state index in [2.05, 4.69) is 5.32 Å². The third kappa shape index (κ3) is 3.73. The van der Waals surface area contributed by atoms with Crippen LogP contribution in [0, 0.1) is 5.92 Å². The van der Waals surface area contributed by atoms with Crippen LogP contribution in [0.5, 0.6) is 5.75 Å². The normalized spacial score (nSPS) is 17.4. The van der Waals surface area contributed by atoms with Crippen molar-refractivity contribution in [1.29, 1.82) is 0 Å². The molecule has 4 heteroatoms. The van der Waals surface area contributed by atoms with Crippen LogP contribution in [-0.2, 0) is 4.79 Å². The maximum Gasteiger partial charge on any atom is 0.237 e. The van der Waals surface area contributed by atoms with E-state index >= 15 is 0 Å². The number of hydrogen-bond donors (Lipinski definition) is 2. The summed E-state index contributed by atoms with van der Waals surface area (Å²) in [5.74, 6) is 1.33. The molecule has 0 aliphatic heterocycles. The van der Waals surface area contributed by atoms with Gasteiger partial charge in [0, 0.05) is 0 Å². The second-order valence-electron chi connectivity index (χ2n) is 5.49. The van der Waals surface area contributed by atoms with Crippen LogP contribution in [0.25, 0.3) is 0 Å². The van der Waals surface area contributed by atoms with Crippen molar-refractivity contribution in [3.63, 3.8) is 0 Å². The zero-order valence-electron chi connectivity index (χ0n) is 12.3. The number of carbonyl (C=O) groups is 1. The molecule has 0 aromatic heterocycles. The van der Waals surface area contributed by atoms with Gasteiger partial charge in [-0.25, -0.2) is 0 Å². The summed E-state index contributed by atoms with van der Waals surface area (Å²) in [4.78, 5) is 12.1. The van der Waals surface area contributed by atoms with Crippen molar-refractivity contribution in [2.75, 3.05) is 7.11 Å². The van der Waals surface area contributed by atoms with Gasteiger partial charge in [-0.1, -0.05) is 25.5 Å². The summed E-state index contributed by atoms with van der Waals surface area (Å²) in [5.41, 5.74) is 7.02. The molecule has 1 saturated carbocycles. The van der Waals surface area contributed by atoms with Crippen molar-refractivity contribution in [3.05, 3.63) is 29.8 Å². The lowest BCUT2D eigenvalue weighted by Crippen LogP contribution is -2.42. The first-order valence-corrected chi connectivity index (χ1v) is 7.35. The van der Waals surface area contributed by atoms with Gasteiger partial charge >= 0.3 is 0 Å². The fourth-order valence-corrected chi connectivity index (χ4v) is 2.42. The highest BCUT2D eigenvalue weighted by Gasteiger charge is 2.34. The Morgan fingerprint density at radius 1 is 1.40 bits per heavy atom. The molecule has 0 heterocycles. The van der Waals surface area contributed by atoms with Crippen molar-refractivity contribution < 1.29 is 9.53 Å². The maximum absolute atomic E-state index is 12.1. The Hall–Kier alpha value is -1.55. The molecule has 0 spiro atoms. The summed E-state index contributed by atoms with van der Waals surface area (Å²) in [5, 5.41) is 3.11. The van der Waals surface area contributed by atoms with E-state index in [0.717, 1.165) is 24.2 Å². The van der Waals surface area contributed by atoms with Gasteiger partial charge in [0.05, 0.1) is 19.2 Å². The van der Waals surface area contributed by atoms with E-state index in [1.807, 2.05) is 31.2 Å². The minimum Gasteiger partial charge on any atom is -0.497 e. The topological polar surface area (TPSA) is 64.4 Å². The quantitative estimate of drug-likeness (QED) is 0.803. The molecule has 1 unspecified atom stereocenters. The number of nitrogens with one attached hydrogen (secondary N) is 1. The summed E-state index contributed by atoms with van der Waals surface area (Å²) in [7, 11) is 1.65. The van der Waals surface area contributed by atoms with Crippen molar-refractivity contribution in [3.8, 4) is 5.75 Å². The number of hydrogen-bond acceptors (Lipinski definition) is 3. The van der Waals surface area contributed by atoms with Gasteiger partial charge in [0.25, 0.3) is 0 Å². The molecule has 1 fully saturated rings. The Morgan fingerprint density at radius 2 is 2.05 bits per heavy atom. The molecule has 1 aromatic rings. The Labute approximate surface area is 120 Å². The van der Waals surface area contributed by atoms with Gasteiger partial charge < -0.3 is 15.8 Å². The largest absolute Gasteiger partial charge is 0.497 e. The molecule has 1 aromatic carbocycles. The molecule has 1 aliphatic carbocycles. The van der Waals surface area contributed by atoms with Gasteiger partial charge in [-0.2, -0.15) is 0 Å². The number of amides is 1. The summed E-state index contributed by atoms with van der Waals surface area (Å²) >= 11 is 0. The molecular formula is C16H24N2O2. The molecule has 0 radical (unpaired) electrons. The zero-order valence-corrected chi connectivity index (χ0v) is 12.3.